The van der Waals surface area contributed by atoms with Crippen molar-refractivity contribution < 1.29 is 9.59 Å². The van der Waals surface area contributed by atoms with E-state index in [1.165, 1.54) is 38.5 Å². The number of rotatable bonds is 3. The van der Waals surface area contributed by atoms with E-state index in [0.717, 1.165) is 50.9 Å². The van der Waals surface area contributed by atoms with Crippen LogP contribution < -0.4 is 0 Å². The van der Waals surface area contributed by atoms with Crippen LogP contribution in [0.5, 0.6) is 0 Å². The van der Waals surface area contributed by atoms with Crippen LogP contribution in [-0.2, 0) is 9.59 Å². The summed E-state index contributed by atoms with van der Waals surface area (Å²) in [5.74, 6) is 1.96. The number of hydrogen-bond acceptors (Lipinski definition) is 2. The van der Waals surface area contributed by atoms with E-state index in [9.17, 15) is 9.59 Å². The largest absolute Gasteiger partial charge is 0.343 e. The molecule has 1 aliphatic carbocycles. The van der Waals surface area contributed by atoms with Gasteiger partial charge in [-0.15, -0.1) is 0 Å². The van der Waals surface area contributed by atoms with Crippen molar-refractivity contribution in [2.45, 2.75) is 64.2 Å². The second-order valence-corrected chi connectivity index (χ2v) is 7.37. The molecule has 3 aliphatic rings. The number of hydrogen-bond donors (Lipinski definition) is 0. The van der Waals surface area contributed by atoms with E-state index in [2.05, 4.69) is 0 Å². The van der Waals surface area contributed by atoms with Gasteiger partial charge in [0, 0.05) is 39.0 Å². The van der Waals surface area contributed by atoms with E-state index in [1.807, 2.05) is 9.80 Å². The molecule has 4 nitrogen and oxygen atoms in total. The first kappa shape index (κ1) is 15.8. The Kier molecular flexibility index (Phi) is 5.37. The molecule has 0 radical (unpaired) electrons. The van der Waals surface area contributed by atoms with E-state index < -0.39 is 0 Å². The van der Waals surface area contributed by atoms with Gasteiger partial charge in [0.15, 0.2) is 0 Å². The lowest BCUT2D eigenvalue weighted by atomic mass is 9.75. The quantitative estimate of drug-likeness (QED) is 0.804. The van der Waals surface area contributed by atoms with Gasteiger partial charge in [0.1, 0.15) is 0 Å². The maximum absolute atomic E-state index is 12.4. The van der Waals surface area contributed by atoms with Crippen molar-refractivity contribution in [3.63, 3.8) is 0 Å². The molecule has 4 heteroatoms. The van der Waals surface area contributed by atoms with Crippen LogP contribution in [0.2, 0.25) is 0 Å². The van der Waals surface area contributed by atoms with Crippen LogP contribution in [0, 0.1) is 11.8 Å². The third-order valence-electron chi connectivity index (χ3n) is 5.91. The zero-order valence-electron chi connectivity index (χ0n) is 13.8. The van der Waals surface area contributed by atoms with Crippen LogP contribution >= 0.6 is 0 Å². The highest BCUT2D eigenvalue weighted by atomic mass is 16.2. The summed E-state index contributed by atoms with van der Waals surface area (Å²) in [6.07, 6.45) is 10.8. The molecule has 2 amide bonds. The molecule has 0 aromatic heterocycles. The van der Waals surface area contributed by atoms with Crippen LogP contribution in [0.25, 0.3) is 0 Å². The molecule has 124 valence electrons. The summed E-state index contributed by atoms with van der Waals surface area (Å²) in [5, 5.41) is 0. The van der Waals surface area contributed by atoms with Gasteiger partial charge in [-0.3, -0.25) is 9.59 Å². The van der Waals surface area contributed by atoms with Crippen LogP contribution in [-0.4, -0.2) is 47.8 Å². The highest BCUT2D eigenvalue weighted by molar-refractivity contribution is 5.84. The van der Waals surface area contributed by atoms with Crippen molar-refractivity contribution in [2.24, 2.45) is 11.8 Å². The average Bonchev–Trinajstić information content (AvgIpc) is 2.59. The van der Waals surface area contributed by atoms with E-state index >= 15 is 0 Å². The number of amides is 2. The van der Waals surface area contributed by atoms with Crippen molar-refractivity contribution in [1.29, 1.82) is 0 Å². The highest BCUT2D eigenvalue weighted by Gasteiger charge is 2.32. The Labute approximate surface area is 134 Å². The molecule has 2 aliphatic heterocycles. The molecule has 0 aromatic rings. The van der Waals surface area contributed by atoms with Gasteiger partial charge in [0.25, 0.3) is 0 Å². The molecule has 0 N–H and O–H groups in total. The Balaban J connectivity index is 1.42. The van der Waals surface area contributed by atoms with E-state index in [-0.39, 0.29) is 11.8 Å². The lowest BCUT2D eigenvalue weighted by Crippen LogP contribution is -2.45. The summed E-state index contributed by atoms with van der Waals surface area (Å²) in [6.45, 7) is 3.64. The Bertz CT molecular complexity index is 404. The summed E-state index contributed by atoms with van der Waals surface area (Å²) < 4.78 is 0. The molecule has 3 rings (SSSR count). The zero-order chi connectivity index (χ0) is 15.4. The summed E-state index contributed by atoms with van der Waals surface area (Å²) in [7, 11) is 0. The van der Waals surface area contributed by atoms with E-state index in [0.29, 0.717) is 12.8 Å². The van der Waals surface area contributed by atoms with Gasteiger partial charge in [-0.25, -0.2) is 0 Å². The number of fused-ring (bicyclic) bond motifs is 1. The van der Waals surface area contributed by atoms with E-state index in [4.69, 9.17) is 0 Å². The zero-order valence-corrected chi connectivity index (χ0v) is 13.8. The second kappa shape index (κ2) is 7.47. The minimum Gasteiger partial charge on any atom is -0.343 e. The van der Waals surface area contributed by atoms with Gasteiger partial charge in [-0.1, -0.05) is 19.3 Å². The smallest absolute Gasteiger partial charge is 0.223 e. The normalized spacial score (nSPS) is 29.1. The van der Waals surface area contributed by atoms with Crippen molar-refractivity contribution in [1.82, 2.24) is 9.80 Å². The Morgan fingerprint density at radius 2 is 1.32 bits per heavy atom. The number of piperidine rings is 2. The van der Waals surface area contributed by atoms with Gasteiger partial charge in [-0.05, 0) is 43.9 Å². The third kappa shape index (κ3) is 3.82. The molecule has 1 saturated carbocycles. The summed E-state index contributed by atoms with van der Waals surface area (Å²) in [4.78, 5) is 28.6. The molecule has 2 saturated heterocycles. The van der Waals surface area contributed by atoms with Crippen LogP contribution in [0.3, 0.4) is 0 Å². The average molecular weight is 306 g/mol. The SMILES string of the molecule is O=C(CCC(=O)N1CCC2CCCCC2C1)N1CCCCC1. The number of likely N-dealkylation sites (tertiary alicyclic amines) is 2. The first-order chi connectivity index (χ1) is 10.7. The fraction of sp³-hybridized carbons (Fsp3) is 0.889. The minimum absolute atomic E-state index is 0.181. The van der Waals surface area contributed by atoms with Crippen molar-refractivity contribution in [3.8, 4) is 0 Å². The molecule has 2 atom stereocenters. The minimum atomic E-state index is 0.181. The maximum atomic E-state index is 12.4. The molecule has 2 heterocycles. The fourth-order valence-electron chi connectivity index (χ4n) is 4.50. The van der Waals surface area contributed by atoms with Crippen LogP contribution in [0.15, 0.2) is 0 Å². The maximum Gasteiger partial charge on any atom is 0.223 e. The third-order valence-corrected chi connectivity index (χ3v) is 5.91. The Hall–Kier alpha value is -1.06. The van der Waals surface area contributed by atoms with Crippen LogP contribution in [0.1, 0.15) is 64.2 Å². The summed E-state index contributed by atoms with van der Waals surface area (Å²) >= 11 is 0. The topological polar surface area (TPSA) is 40.6 Å². The number of nitrogens with zero attached hydrogens (tertiary/aromatic N) is 2. The van der Waals surface area contributed by atoms with Crippen molar-refractivity contribution in [3.05, 3.63) is 0 Å². The van der Waals surface area contributed by atoms with Crippen molar-refractivity contribution in [2.75, 3.05) is 26.2 Å². The van der Waals surface area contributed by atoms with Gasteiger partial charge in [0.05, 0.1) is 0 Å². The lowest BCUT2D eigenvalue weighted by molar-refractivity contribution is -0.139. The summed E-state index contributed by atoms with van der Waals surface area (Å²) in [5.41, 5.74) is 0. The van der Waals surface area contributed by atoms with Crippen LogP contribution in [0.4, 0.5) is 0 Å². The summed E-state index contributed by atoms with van der Waals surface area (Å²) in [6, 6.07) is 0. The predicted molar refractivity (Wildman–Crippen MR) is 86.3 cm³/mol. The van der Waals surface area contributed by atoms with Gasteiger partial charge < -0.3 is 9.80 Å². The van der Waals surface area contributed by atoms with E-state index in [1.54, 1.807) is 0 Å². The van der Waals surface area contributed by atoms with Gasteiger partial charge in [0.2, 0.25) is 11.8 Å². The molecule has 22 heavy (non-hydrogen) atoms. The lowest BCUT2D eigenvalue weighted by Gasteiger charge is -2.41. The highest BCUT2D eigenvalue weighted by Crippen LogP contribution is 2.36. The number of carbonyl (C=O) groups excluding carboxylic acids is 2. The molecular formula is C18H30N2O2. The standard InChI is InChI=1S/C18H30N2O2/c21-17(19-11-4-1-5-12-19)8-9-18(22)20-13-10-15-6-2-3-7-16(15)14-20/h15-16H,1-14H2. The fourth-order valence-corrected chi connectivity index (χ4v) is 4.50. The molecule has 0 bridgehead atoms. The molecule has 3 fully saturated rings. The van der Waals surface area contributed by atoms with Gasteiger partial charge >= 0.3 is 0 Å². The molecule has 2 unspecified atom stereocenters. The molecule has 0 spiro atoms. The number of carbonyl (C=O) groups is 2. The molecule has 0 aromatic carbocycles. The predicted octanol–water partition coefficient (Wildman–Crippen LogP) is 2.82. The first-order valence-corrected chi connectivity index (χ1v) is 9.29. The Morgan fingerprint density at radius 1 is 0.682 bits per heavy atom. The molecular weight excluding hydrogens is 276 g/mol. The Morgan fingerprint density at radius 3 is 2.05 bits per heavy atom. The monoisotopic (exact) mass is 306 g/mol. The first-order valence-electron chi connectivity index (χ1n) is 9.29. The van der Waals surface area contributed by atoms with Crippen molar-refractivity contribution >= 4 is 11.8 Å². The second-order valence-electron chi connectivity index (χ2n) is 7.37. The van der Waals surface area contributed by atoms with Gasteiger partial charge in [-0.2, -0.15) is 0 Å².